The molecule has 10 aromatic carbocycles. The van der Waals surface area contributed by atoms with Gasteiger partial charge in [0.15, 0.2) is 0 Å². The summed E-state index contributed by atoms with van der Waals surface area (Å²) in [7, 11) is 0. The SMILES string of the molecule is c1ccc2c(-c3c4ccccc4c(-c4ccc5cc(-c6ccc7oc8ccc9c%10ccccc%10oc9c8c7c6)ccc5c4)c4ccccc34)cccc2c1. The Morgan fingerprint density at radius 3 is 1.61 bits per heavy atom. The lowest BCUT2D eigenvalue weighted by atomic mass is 9.84. The summed E-state index contributed by atoms with van der Waals surface area (Å²) in [5, 5.41) is 14.3. The van der Waals surface area contributed by atoms with Gasteiger partial charge in [-0.25, -0.2) is 0 Å². The lowest BCUT2D eigenvalue weighted by Gasteiger charge is -2.19. The summed E-state index contributed by atoms with van der Waals surface area (Å²) < 4.78 is 12.7. The molecule has 0 spiro atoms. The van der Waals surface area contributed by atoms with Gasteiger partial charge < -0.3 is 8.83 Å². The summed E-state index contributed by atoms with van der Waals surface area (Å²) in [4.78, 5) is 0. The Labute approximate surface area is 310 Å². The molecule has 0 bridgehead atoms. The fraction of sp³-hybridized carbons (Fsp3) is 0. The van der Waals surface area contributed by atoms with Crippen LogP contribution in [0.15, 0.2) is 191 Å². The topological polar surface area (TPSA) is 26.3 Å². The maximum absolute atomic E-state index is 6.42. The molecule has 0 radical (unpaired) electrons. The third-order valence-corrected chi connectivity index (χ3v) is 11.4. The van der Waals surface area contributed by atoms with Crippen LogP contribution in [-0.2, 0) is 0 Å². The maximum Gasteiger partial charge on any atom is 0.147 e. The van der Waals surface area contributed by atoms with E-state index in [1.807, 2.05) is 12.1 Å². The normalized spacial score (nSPS) is 12.1. The number of hydrogen-bond acceptors (Lipinski definition) is 2. The average molecular weight is 687 g/mol. The molecule has 0 atom stereocenters. The van der Waals surface area contributed by atoms with Crippen molar-refractivity contribution in [3.05, 3.63) is 182 Å². The van der Waals surface area contributed by atoms with Gasteiger partial charge in [-0.15, -0.1) is 0 Å². The molecule has 12 aromatic rings. The highest BCUT2D eigenvalue weighted by Crippen LogP contribution is 2.46. The highest BCUT2D eigenvalue weighted by molar-refractivity contribution is 6.24. The van der Waals surface area contributed by atoms with Crippen molar-refractivity contribution in [2.75, 3.05) is 0 Å². The molecule has 0 aliphatic heterocycles. The van der Waals surface area contributed by atoms with Crippen LogP contribution in [0.25, 0.3) is 120 Å². The zero-order valence-corrected chi connectivity index (χ0v) is 29.1. The number of rotatable bonds is 3. The maximum atomic E-state index is 6.42. The van der Waals surface area contributed by atoms with E-state index in [1.165, 1.54) is 70.9 Å². The number of para-hydroxylation sites is 1. The van der Waals surface area contributed by atoms with Gasteiger partial charge in [-0.2, -0.15) is 0 Å². The van der Waals surface area contributed by atoms with E-state index in [0.29, 0.717) is 0 Å². The van der Waals surface area contributed by atoms with Crippen LogP contribution in [0, 0.1) is 0 Å². The minimum absolute atomic E-state index is 0.838. The summed E-state index contributed by atoms with van der Waals surface area (Å²) in [5.74, 6) is 0. The monoisotopic (exact) mass is 686 g/mol. The Hall–Kier alpha value is -7.16. The van der Waals surface area contributed by atoms with E-state index < -0.39 is 0 Å². The first-order valence-corrected chi connectivity index (χ1v) is 18.5. The highest BCUT2D eigenvalue weighted by Gasteiger charge is 2.19. The number of benzene rings is 10. The Morgan fingerprint density at radius 2 is 0.833 bits per heavy atom. The third-order valence-electron chi connectivity index (χ3n) is 11.4. The summed E-state index contributed by atoms with van der Waals surface area (Å²) in [6.45, 7) is 0. The molecule has 2 heteroatoms. The van der Waals surface area contributed by atoms with Crippen molar-refractivity contribution in [1.29, 1.82) is 0 Å². The Morgan fingerprint density at radius 1 is 0.278 bits per heavy atom. The highest BCUT2D eigenvalue weighted by atomic mass is 16.3. The van der Waals surface area contributed by atoms with Gasteiger partial charge in [-0.05, 0) is 119 Å². The summed E-state index contributed by atoms with van der Waals surface area (Å²) in [6.07, 6.45) is 0. The predicted octanol–water partition coefficient (Wildman–Crippen LogP) is 15.1. The van der Waals surface area contributed by atoms with Gasteiger partial charge in [0, 0.05) is 16.2 Å². The number of hydrogen-bond donors (Lipinski definition) is 0. The van der Waals surface area contributed by atoms with Crippen LogP contribution in [0.1, 0.15) is 0 Å². The molecule has 0 N–H and O–H groups in total. The second kappa shape index (κ2) is 11.2. The first-order valence-electron chi connectivity index (χ1n) is 18.5. The van der Waals surface area contributed by atoms with Crippen LogP contribution >= 0.6 is 0 Å². The van der Waals surface area contributed by atoms with E-state index in [-0.39, 0.29) is 0 Å². The van der Waals surface area contributed by atoms with Gasteiger partial charge in [0.05, 0.1) is 5.39 Å². The molecule has 250 valence electrons. The first-order chi connectivity index (χ1) is 26.8. The van der Waals surface area contributed by atoms with Crippen molar-refractivity contribution in [2.24, 2.45) is 0 Å². The standard InChI is InChI=1S/C52H30O2/c1-2-12-37-31(10-1)11-9-18-39(37)50-42-16-5-3-14-40(42)49(41-15-4-6-17-43(41)50)36-23-22-32-28-33(20-21-34(32)29-36)35-24-26-47-45(30-35)51-48(53-47)27-25-44-38-13-7-8-19-46(38)54-52(44)51/h1-30H. The second-order valence-electron chi connectivity index (χ2n) is 14.4. The molecular formula is C52H30O2. The molecule has 2 aromatic heterocycles. The van der Waals surface area contributed by atoms with Crippen LogP contribution in [0.2, 0.25) is 0 Å². The van der Waals surface area contributed by atoms with Crippen molar-refractivity contribution in [2.45, 2.75) is 0 Å². The second-order valence-corrected chi connectivity index (χ2v) is 14.4. The van der Waals surface area contributed by atoms with Crippen LogP contribution in [0.3, 0.4) is 0 Å². The van der Waals surface area contributed by atoms with E-state index in [2.05, 4.69) is 170 Å². The largest absolute Gasteiger partial charge is 0.456 e. The van der Waals surface area contributed by atoms with Crippen molar-refractivity contribution in [3.8, 4) is 33.4 Å². The number of furan rings is 2. The van der Waals surface area contributed by atoms with Gasteiger partial charge in [-0.1, -0.05) is 140 Å². The van der Waals surface area contributed by atoms with Gasteiger partial charge >= 0.3 is 0 Å². The fourth-order valence-electron chi connectivity index (χ4n) is 8.98. The molecule has 0 saturated carbocycles. The molecule has 54 heavy (non-hydrogen) atoms. The lowest BCUT2D eigenvalue weighted by molar-refractivity contribution is 0.663. The minimum Gasteiger partial charge on any atom is -0.456 e. The molecule has 12 rings (SSSR count). The van der Waals surface area contributed by atoms with E-state index in [0.717, 1.165) is 49.4 Å². The fourth-order valence-corrected chi connectivity index (χ4v) is 8.98. The molecular weight excluding hydrogens is 657 g/mol. The van der Waals surface area contributed by atoms with Crippen molar-refractivity contribution < 1.29 is 8.83 Å². The van der Waals surface area contributed by atoms with Gasteiger partial charge in [0.2, 0.25) is 0 Å². The van der Waals surface area contributed by atoms with Gasteiger partial charge in [0.1, 0.15) is 22.3 Å². The van der Waals surface area contributed by atoms with E-state index >= 15 is 0 Å². The average Bonchev–Trinajstić information content (AvgIpc) is 3.80. The molecule has 0 aliphatic rings. The zero-order chi connectivity index (χ0) is 35.3. The van der Waals surface area contributed by atoms with Crippen molar-refractivity contribution >= 4 is 87.0 Å². The van der Waals surface area contributed by atoms with Gasteiger partial charge in [0.25, 0.3) is 0 Å². The molecule has 0 saturated heterocycles. The van der Waals surface area contributed by atoms with Crippen molar-refractivity contribution in [1.82, 2.24) is 0 Å². The molecule has 0 amide bonds. The smallest absolute Gasteiger partial charge is 0.147 e. The Bertz CT molecular complexity index is 3440. The van der Waals surface area contributed by atoms with E-state index in [4.69, 9.17) is 8.83 Å². The lowest BCUT2D eigenvalue weighted by Crippen LogP contribution is -1.91. The Kier molecular flexibility index (Phi) is 6.09. The van der Waals surface area contributed by atoms with Crippen LogP contribution in [-0.4, -0.2) is 0 Å². The number of fused-ring (bicyclic) bond motifs is 11. The Balaban J connectivity index is 1.01. The predicted molar refractivity (Wildman–Crippen MR) is 227 cm³/mol. The van der Waals surface area contributed by atoms with Crippen LogP contribution in [0.5, 0.6) is 0 Å². The van der Waals surface area contributed by atoms with E-state index in [1.54, 1.807) is 0 Å². The van der Waals surface area contributed by atoms with Gasteiger partial charge in [-0.3, -0.25) is 0 Å². The van der Waals surface area contributed by atoms with E-state index in [9.17, 15) is 0 Å². The minimum atomic E-state index is 0.838. The molecule has 0 unspecified atom stereocenters. The molecule has 2 nitrogen and oxygen atoms in total. The molecule has 2 heterocycles. The summed E-state index contributed by atoms with van der Waals surface area (Å²) in [6, 6.07) is 65.8. The summed E-state index contributed by atoms with van der Waals surface area (Å²) >= 11 is 0. The van der Waals surface area contributed by atoms with Crippen molar-refractivity contribution in [3.63, 3.8) is 0 Å². The summed E-state index contributed by atoms with van der Waals surface area (Å²) in [5.41, 5.74) is 10.8. The molecule has 0 aliphatic carbocycles. The quantitative estimate of drug-likeness (QED) is 0.173. The first kappa shape index (κ1) is 29.4. The molecule has 0 fully saturated rings. The zero-order valence-electron chi connectivity index (χ0n) is 29.1. The van der Waals surface area contributed by atoms with Crippen LogP contribution in [0.4, 0.5) is 0 Å². The third kappa shape index (κ3) is 4.22. The van der Waals surface area contributed by atoms with Crippen LogP contribution < -0.4 is 0 Å².